The molecule has 0 saturated carbocycles. The van der Waals surface area contributed by atoms with Gasteiger partial charge in [0, 0.05) is 5.41 Å². The molecule has 1 heterocycles. The van der Waals surface area contributed by atoms with Gasteiger partial charge in [-0.1, -0.05) is 51.1 Å². The summed E-state index contributed by atoms with van der Waals surface area (Å²) in [4.78, 5) is 4.46. The van der Waals surface area contributed by atoms with Crippen molar-refractivity contribution in [3.8, 4) is 0 Å². The van der Waals surface area contributed by atoms with Crippen molar-refractivity contribution >= 4 is 5.90 Å². The van der Waals surface area contributed by atoms with Crippen molar-refractivity contribution in [3.05, 3.63) is 35.9 Å². The van der Waals surface area contributed by atoms with Crippen LogP contribution in [-0.2, 0) is 4.74 Å². The molecule has 0 fully saturated rings. The molecule has 1 aliphatic heterocycles. The third-order valence-corrected chi connectivity index (χ3v) is 2.47. The summed E-state index contributed by atoms with van der Waals surface area (Å²) in [5, 5.41) is 0. The Morgan fingerprint density at radius 2 is 1.87 bits per heavy atom. The van der Waals surface area contributed by atoms with Crippen molar-refractivity contribution in [2.75, 3.05) is 6.54 Å². The first-order valence-corrected chi connectivity index (χ1v) is 5.34. The fourth-order valence-corrected chi connectivity index (χ4v) is 1.63. The quantitative estimate of drug-likeness (QED) is 0.686. The van der Waals surface area contributed by atoms with Crippen molar-refractivity contribution in [3.63, 3.8) is 0 Å². The zero-order valence-corrected chi connectivity index (χ0v) is 9.53. The molecule has 0 saturated heterocycles. The molecule has 1 aromatic carbocycles. The van der Waals surface area contributed by atoms with E-state index in [2.05, 4.69) is 37.9 Å². The van der Waals surface area contributed by atoms with Gasteiger partial charge in [-0.15, -0.1) is 0 Å². The lowest BCUT2D eigenvalue weighted by molar-refractivity contribution is 0.204. The van der Waals surface area contributed by atoms with E-state index in [-0.39, 0.29) is 11.5 Å². The fourth-order valence-electron chi connectivity index (χ4n) is 1.63. The number of aliphatic imine (C=N–C) groups is 1. The standard InChI is InChI=1S/C13H17NO/c1-13(2,3)12-14-9-11(15-12)10-7-5-4-6-8-10/h4-8,11H,9H2,1-3H3/t11-/m0/s1. The van der Waals surface area contributed by atoms with Gasteiger partial charge in [0.05, 0.1) is 6.54 Å². The Balaban J connectivity index is 2.09. The predicted octanol–water partition coefficient (Wildman–Crippen LogP) is 3.20. The molecule has 2 rings (SSSR count). The Labute approximate surface area is 91.0 Å². The molecule has 0 aromatic heterocycles. The Morgan fingerprint density at radius 1 is 1.20 bits per heavy atom. The number of hydrogen-bond donors (Lipinski definition) is 0. The van der Waals surface area contributed by atoms with E-state index in [1.54, 1.807) is 0 Å². The Hall–Kier alpha value is -1.31. The molecule has 0 aliphatic carbocycles. The van der Waals surface area contributed by atoms with E-state index in [9.17, 15) is 0 Å². The highest BCUT2D eigenvalue weighted by Gasteiger charge is 2.29. The molecule has 0 spiro atoms. The van der Waals surface area contributed by atoms with Crippen LogP contribution in [-0.4, -0.2) is 12.4 Å². The minimum Gasteiger partial charge on any atom is -0.470 e. The molecule has 0 N–H and O–H groups in total. The average Bonchev–Trinajstić information content (AvgIpc) is 2.67. The molecule has 0 bridgehead atoms. The van der Waals surface area contributed by atoms with Crippen molar-refractivity contribution in [1.29, 1.82) is 0 Å². The first-order valence-electron chi connectivity index (χ1n) is 5.34. The summed E-state index contributed by atoms with van der Waals surface area (Å²) in [5.41, 5.74) is 1.23. The lowest BCUT2D eigenvalue weighted by Gasteiger charge is -2.20. The molecule has 0 unspecified atom stereocenters. The van der Waals surface area contributed by atoms with E-state index in [1.165, 1.54) is 5.56 Å². The summed E-state index contributed by atoms with van der Waals surface area (Å²) in [6, 6.07) is 10.3. The van der Waals surface area contributed by atoms with E-state index in [4.69, 9.17) is 4.74 Å². The molecular formula is C13H17NO. The Bertz CT molecular complexity index is 362. The molecule has 15 heavy (non-hydrogen) atoms. The number of ether oxygens (including phenoxy) is 1. The molecular weight excluding hydrogens is 186 g/mol. The highest BCUT2D eigenvalue weighted by molar-refractivity contribution is 5.83. The second kappa shape index (κ2) is 3.69. The van der Waals surface area contributed by atoms with E-state index >= 15 is 0 Å². The van der Waals surface area contributed by atoms with Crippen molar-refractivity contribution < 1.29 is 4.74 Å². The van der Waals surface area contributed by atoms with Gasteiger partial charge in [-0.2, -0.15) is 0 Å². The lowest BCUT2D eigenvalue weighted by atomic mass is 9.97. The largest absolute Gasteiger partial charge is 0.470 e. The van der Waals surface area contributed by atoms with Crippen molar-refractivity contribution in [1.82, 2.24) is 0 Å². The number of rotatable bonds is 1. The summed E-state index contributed by atoms with van der Waals surface area (Å²) in [5.74, 6) is 0.872. The maximum absolute atomic E-state index is 5.86. The summed E-state index contributed by atoms with van der Waals surface area (Å²) >= 11 is 0. The van der Waals surface area contributed by atoms with Crippen LogP contribution in [0.5, 0.6) is 0 Å². The minimum absolute atomic E-state index is 0.0174. The SMILES string of the molecule is CC(C)(C)C1=NC[C@@H](c2ccccc2)O1. The first-order chi connectivity index (χ1) is 7.07. The summed E-state index contributed by atoms with van der Waals surface area (Å²) < 4.78 is 5.86. The van der Waals surface area contributed by atoms with E-state index < -0.39 is 0 Å². The van der Waals surface area contributed by atoms with Crippen molar-refractivity contribution in [2.24, 2.45) is 10.4 Å². The highest BCUT2D eigenvalue weighted by Crippen LogP contribution is 2.29. The first kappa shape index (κ1) is 10.2. The molecule has 1 aromatic rings. The maximum atomic E-state index is 5.86. The predicted molar refractivity (Wildman–Crippen MR) is 62.0 cm³/mol. The number of hydrogen-bond acceptors (Lipinski definition) is 2. The summed E-state index contributed by atoms with van der Waals surface area (Å²) in [6.07, 6.45) is 0.112. The summed E-state index contributed by atoms with van der Waals surface area (Å²) in [6.45, 7) is 7.12. The van der Waals surface area contributed by atoms with E-state index in [1.807, 2.05) is 18.2 Å². The second-order valence-corrected chi connectivity index (χ2v) is 4.91. The second-order valence-electron chi connectivity index (χ2n) is 4.91. The van der Waals surface area contributed by atoms with Gasteiger partial charge in [0.15, 0.2) is 5.90 Å². The van der Waals surface area contributed by atoms with Gasteiger partial charge in [-0.25, -0.2) is 0 Å². The molecule has 2 heteroatoms. The van der Waals surface area contributed by atoms with E-state index in [0.29, 0.717) is 0 Å². The average molecular weight is 203 g/mol. The summed E-state index contributed by atoms with van der Waals surface area (Å²) in [7, 11) is 0. The smallest absolute Gasteiger partial charge is 0.189 e. The van der Waals surface area contributed by atoms with Gasteiger partial charge >= 0.3 is 0 Å². The lowest BCUT2D eigenvalue weighted by Crippen LogP contribution is -2.21. The van der Waals surface area contributed by atoms with Crippen LogP contribution in [0.3, 0.4) is 0 Å². The molecule has 0 amide bonds. The molecule has 1 aliphatic rings. The van der Waals surface area contributed by atoms with Crippen LogP contribution in [0.4, 0.5) is 0 Å². The molecule has 2 nitrogen and oxygen atoms in total. The van der Waals surface area contributed by atoms with Crippen molar-refractivity contribution in [2.45, 2.75) is 26.9 Å². The zero-order valence-electron chi connectivity index (χ0n) is 9.53. The fraction of sp³-hybridized carbons (Fsp3) is 0.462. The Morgan fingerprint density at radius 3 is 2.40 bits per heavy atom. The van der Waals surface area contributed by atoms with Crippen LogP contribution >= 0.6 is 0 Å². The van der Waals surface area contributed by atoms with Gasteiger partial charge in [-0.05, 0) is 5.56 Å². The normalized spacial score (nSPS) is 21.0. The Kier molecular flexibility index (Phi) is 2.51. The zero-order chi connectivity index (χ0) is 10.9. The maximum Gasteiger partial charge on any atom is 0.189 e. The van der Waals surface area contributed by atoms with E-state index in [0.717, 1.165) is 12.4 Å². The van der Waals surface area contributed by atoms with Gasteiger partial charge in [0.25, 0.3) is 0 Å². The minimum atomic E-state index is 0.0174. The number of nitrogens with zero attached hydrogens (tertiary/aromatic N) is 1. The molecule has 1 atom stereocenters. The topological polar surface area (TPSA) is 21.6 Å². The highest BCUT2D eigenvalue weighted by atomic mass is 16.5. The van der Waals surface area contributed by atoms with Crippen LogP contribution in [0, 0.1) is 5.41 Å². The number of benzene rings is 1. The van der Waals surface area contributed by atoms with Gasteiger partial charge in [-0.3, -0.25) is 4.99 Å². The van der Waals surface area contributed by atoms with Crippen LogP contribution in [0.15, 0.2) is 35.3 Å². The van der Waals surface area contributed by atoms with Crippen LogP contribution in [0.2, 0.25) is 0 Å². The monoisotopic (exact) mass is 203 g/mol. The van der Waals surface area contributed by atoms with Crippen LogP contribution in [0.1, 0.15) is 32.4 Å². The van der Waals surface area contributed by atoms with Crippen LogP contribution in [0.25, 0.3) is 0 Å². The van der Waals surface area contributed by atoms with Gasteiger partial charge in [0.1, 0.15) is 6.10 Å². The molecule has 80 valence electrons. The third-order valence-electron chi connectivity index (χ3n) is 2.47. The molecule has 0 radical (unpaired) electrons. The van der Waals surface area contributed by atoms with Gasteiger partial charge in [0.2, 0.25) is 0 Å². The van der Waals surface area contributed by atoms with Crippen LogP contribution < -0.4 is 0 Å². The third kappa shape index (κ3) is 2.20. The van der Waals surface area contributed by atoms with Gasteiger partial charge < -0.3 is 4.74 Å².